The van der Waals surface area contributed by atoms with Gasteiger partial charge in [-0.3, -0.25) is 4.79 Å². The molecule has 0 unspecified atom stereocenters. The molecule has 0 heterocycles. The molecule has 1 aromatic rings. The van der Waals surface area contributed by atoms with Gasteiger partial charge in [0.05, 0.1) is 10.6 Å². The van der Waals surface area contributed by atoms with Gasteiger partial charge in [0.1, 0.15) is 0 Å². The van der Waals surface area contributed by atoms with Gasteiger partial charge in [-0.15, -0.1) is 0 Å². The molecule has 8 heteroatoms. The number of anilines is 1. The van der Waals surface area contributed by atoms with E-state index in [0.29, 0.717) is 35.2 Å². The Labute approximate surface area is 133 Å². The summed E-state index contributed by atoms with van der Waals surface area (Å²) in [4.78, 5) is 11.3. The molecule has 0 aliphatic heterocycles. The molecule has 0 fully saturated rings. The van der Waals surface area contributed by atoms with Gasteiger partial charge in [0.15, 0.2) is 0 Å². The van der Waals surface area contributed by atoms with Crippen LogP contribution >= 0.6 is 15.9 Å². The minimum atomic E-state index is -3.57. The lowest BCUT2D eigenvalue weighted by atomic mass is 10.2. The van der Waals surface area contributed by atoms with Gasteiger partial charge in [-0.05, 0) is 59.9 Å². The van der Waals surface area contributed by atoms with E-state index in [4.69, 9.17) is 5.73 Å². The molecule has 1 aromatic carbocycles. The summed E-state index contributed by atoms with van der Waals surface area (Å²) in [6, 6.07) is 3.12. The SMILES string of the molecule is CC(=O)Nc1cc(C)c(S(=O)(=O)NCCCCN)cc1Br. The molecule has 118 valence electrons. The standard InChI is InChI=1S/C13H20BrN3O3S/c1-9-7-12(17-10(2)18)11(14)8-13(9)21(19,20)16-6-4-3-5-15/h7-8,16H,3-6,15H2,1-2H3,(H,17,18). The number of aryl methyl sites for hydroxylation is 1. The van der Waals surface area contributed by atoms with Crippen LogP contribution in [0.4, 0.5) is 5.69 Å². The number of carbonyl (C=O) groups excluding carboxylic acids is 1. The van der Waals surface area contributed by atoms with Crippen molar-refractivity contribution in [3.8, 4) is 0 Å². The first-order valence-corrected chi connectivity index (χ1v) is 8.83. The fraction of sp³-hybridized carbons (Fsp3) is 0.462. The van der Waals surface area contributed by atoms with Crippen molar-refractivity contribution in [3.05, 3.63) is 22.2 Å². The number of nitrogens with two attached hydrogens (primary N) is 1. The lowest BCUT2D eigenvalue weighted by Crippen LogP contribution is -2.26. The fourth-order valence-corrected chi connectivity index (χ4v) is 3.71. The topological polar surface area (TPSA) is 101 Å². The molecule has 0 saturated carbocycles. The Morgan fingerprint density at radius 1 is 1.33 bits per heavy atom. The summed E-state index contributed by atoms with van der Waals surface area (Å²) in [5.41, 5.74) is 6.48. The number of benzene rings is 1. The predicted octanol–water partition coefficient (Wildman–Crippen LogP) is 1.73. The Bertz CT molecular complexity index is 617. The molecule has 21 heavy (non-hydrogen) atoms. The predicted molar refractivity (Wildman–Crippen MR) is 86.7 cm³/mol. The van der Waals surface area contributed by atoms with Crippen molar-refractivity contribution in [3.63, 3.8) is 0 Å². The number of amides is 1. The van der Waals surface area contributed by atoms with Crippen molar-refractivity contribution >= 4 is 37.5 Å². The molecule has 4 N–H and O–H groups in total. The van der Waals surface area contributed by atoms with Crippen LogP contribution in [0.15, 0.2) is 21.5 Å². The van der Waals surface area contributed by atoms with Crippen LogP contribution in [-0.4, -0.2) is 27.4 Å². The molecule has 0 radical (unpaired) electrons. The molecule has 0 saturated heterocycles. The summed E-state index contributed by atoms with van der Waals surface area (Å²) >= 11 is 3.27. The molecular formula is C13H20BrN3O3S. The zero-order valence-corrected chi connectivity index (χ0v) is 14.5. The van der Waals surface area contributed by atoms with Gasteiger partial charge in [-0.1, -0.05) is 0 Å². The first-order valence-electron chi connectivity index (χ1n) is 6.55. The van der Waals surface area contributed by atoms with E-state index < -0.39 is 10.0 Å². The number of rotatable bonds is 7. The van der Waals surface area contributed by atoms with Crippen molar-refractivity contribution in [2.24, 2.45) is 5.73 Å². The van der Waals surface area contributed by atoms with Crippen LogP contribution in [0, 0.1) is 6.92 Å². The van der Waals surface area contributed by atoms with Crippen LogP contribution in [-0.2, 0) is 14.8 Å². The molecule has 0 aliphatic rings. The van der Waals surface area contributed by atoms with Crippen molar-refractivity contribution < 1.29 is 13.2 Å². The second-order valence-corrected chi connectivity index (χ2v) is 7.26. The van der Waals surface area contributed by atoms with Crippen molar-refractivity contribution in [2.75, 3.05) is 18.4 Å². The third kappa shape index (κ3) is 5.39. The Kier molecular flexibility index (Phi) is 6.79. The van der Waals surface area contributed by atoms with Gasteiger partial charge >= 0.3 is 0 Å². The Morgan fingerprint density at radius 3 is 2.57 bits per heavy atom. The maximum atomic E-state index is 12.3. The van der Waals surface area contributed by atoms with Gasteiger partial charge < -0.3 is 11.1 Å². The summed E-state index contributed by atoms with van der Waals surface area (Å²) in [7, 11) is -3.57. The highest BCUT2D eigenvalue weighted by Crippen LogP contribution is 2.28. The quantitative estimate of drug-likeness (QED) is 0.629. The number of hydrogen-bond donors (Lipinski definition) is 3. The Hall–Kier alpha value is -0.960. The normalized spacial score (nSPS) is 11.4. The molecule has 0 spiro atoms. The maximum absolute atomic E-state index is 12.3. The minimum absolute atomic E-state index is 0.191. The van der Waals surface area contributed by atoms with Gasteiger partial charge in [-0.25, -0.2) is 13.1 Å². The molecule has 0 bridgehead atoms. The molecule has 1 amide bonds. The van der Waals surface area contributed by atoms with Gasteiger partial charge in [0, 0.05) is 17.9 Å². The van der Waals surface area contributed by atoms with Crippen LogP contribution < -0.4 is 15.8 Å². The zero-order chi connectivity index (χ0) is 16.0. The maximum Gasteiger partial charge on any atom is 0.240 e. The number of unbranched alkanes of at least 4 members (excludes halogenated alkanes) is 1. The Morgan fingerprint density at radius 2 is 2.00 bits per heavy atom. The first kappa shape index (κ1) is 18.1. The lowest BCUT2D eigenvalue weighted by Gasteiger charge is -2.13. The van der Waals surface area contributed by atoms with Crippen LogP contribution in [0.2, 0.25) is 0 Å². The molecular weight excluding hydrogens is 358 g/mol. The number of sulfonamides is 1. The average molecular weight is 378 g/mol. The smallest absolute Gasteiger partial charge is 0.240 e. The third-order valence-corrected chi connectivity index (χ3v) is 5.05. The van der Waals surface area contributed by atoms with E-state index in [-0.39, 0.29) is 10.8 Å². The van der Waals surface area contributed by atoms with E-state index in [1.807, 2.05) is 0 Å². The number of nitrogens with one attached hydrogen (secondary N) is 2. The van der Waals surface area contributed by atoms with Crippen molar-refractivity contribution in [1.29, 1.82) is 0 Å². The summed E-state index contributed by atoms with van der Waals surface area (Å²) in [5, 5.41) is 2.64. The molecule has 0 aliphatic carbocycles. The van der Waals surface area contributed by atoms with E-state index >= 15 is 0 Å². The molecule has 1 rings (SSSR count). The van der Waals surface area contributed by atoms with Crippen molar-refractivity contribution in [1.82, 2.24) is 4.72 Å². The number of halogens is 1. The van der Waals surface area contributed by atoms with E-state index in [9.17, 15) is 13.2 Å². The summed E-state index contributed by atoms with van der Waals surface area (Å²) < 4.78 is 27.6. The average Bonchev–Trinajstić information content (AvgIpc) is 2.38. The lowest BCUT2D eigenvalue weighted by molar-refractivity contribution is -0.114. The Balaban J connectivity index is 2.97. The molecule has 6 nitrogen and oxygen atoms in total. The van der Waals surface area contributed by atoms with Gasteiger partial charge in [0.25, 0.3) is 0 Å². The fourth-order valence-electron chi connectivity index (χ4n) is 1.79. The summed E-state index contributed by atoms with van der Waals surface area (Å²) in [6.07, 6.45) is 1.46. The highest BCUT2D eigenvalue weighted by atomic mass is 79.9. The van der Waals surface area contributed by atoms with Crippen LogP contribution in [0.25, 0.3) is 0 Å². The second kappa shape index (κ2) is 7.88. The van der Waals surface area contributed by atoms with Gasteiger partial charge in [0.2, 0.25) is 15.9 Å². The summed E-state index contributed by atoms with van der Waals surface area (Å²) in [5.74, 6) is -0.217. The highest BCUT2D eigenvalue weighted by Gasteiger charge is 2.18. The van der Waals surface area contributed by atoms with E-state index in [0.717, 1.165) is 6.42 Å². The van der Waals surface area contributed by atoms with E-state index in [1.54, 1.807) is 13.0 Å². The third-order valence-electron chi connectivity index (χ3n) is 2.79. The van der Waals surface area contributed by atoms with E-state index in [1.165, 1.54) is 13.0 Å². The van der Waals surface area contributed by atoms with Crippen LogP contribution in [0.5, 0.6) is 0 Å². The summed E-state index contributed by atoms with van der Waals surface area (Å²) in [6.45, 7) is 3.97. The van der Waals surface area contributed by atoms with Gasteiger partial charge in [-0.2, -0.15) is 0 Å². The largest absolute Gasteiger partial charge is 0.330 e. The number of hydrogen-bond acceptors (Lipinski definition) is 4. The van der Waals surface area contributed by atoms with Crippen LogP contribution in [0.3, 0.4) is 0 Å². The van der Waals surface area contributed by atoms with E-state index in [2.05, 4.69) is 26.0 Å². The van der Waals surface area contributed by atoms with Crippen LogP contribution in [0.1, 0.15) is 25.3 Å². The minimum Gasteiger partial charge on any atom is -0.330 e. The molecule has 0 atom stereocenters. The zero-order valence-electron chi connectivity index (χ0n) is 12.1. The number of carbonyl (C=O) groups is 1. The second-order valence-electron chi connectivity index (χ2n) is 4.67. The first-order chi connectivity index (χ1) is 9.77. The highest BCUT2D eigenvalue weighted by molar-refractivity contribution is 9.10. The molecule has 0 aromatic heterocycles. The van der Waals surface area contributed by atoms with Crippen molar-refractivity contribution in [2.45, 2.75) is 31.6 Å². The monoisotopic (exact) mass is 377 g/mol.